The molecule has 4 nitrogen and oxygen atoms in total. The van der Waals surface area contributed by atoms with Crippen LogP contribution in [0.2, 0.25) is 0 Å². The molecule has 0 heterocycles. The fraction of sp³-hybridized carbons (Fsp3) is 1.00. The van der Waals surface area contributed by atoms with E-state index in [0.717, 1.165) is 19.3 Å². The second-order valence-electron chi connectivity index (χ2n) is 7.89. The van der Waals surface area contributed by atoms with E-state index >= 15 is 0 Å². The molecule has 5 heteroatoms. The Balaban J connectivity index is 3.32. The van der Waals surface area contributed by atoms with E-state index in [4.69, 9.17) is 4.55 Å². The third-order valence-electron chi connectivity index (χ3n) is 5.26. The Hall–Kier alpha value is -0.130. The highest BCUT2D eigenvalue weighted by Crippen LogP contribution is 2.17. The van der Waals surface area contributed by atoms with Crippen LogP contribution < -0.4 is 0 Å². The smallest absolute Gasteiger partial charge is 0.270 e. The summed E-state index contributed by atoms with van der Waals surface area (Å²) < 4.78 is 31.4. The molecule has 2 unspecified atom stereocenters. The molecule has 0 aliphatic carbocycles. The first kappa shape index (κ1) is 25.9. The van der Waals surface area contributed by atoms with Crippen LogP contribution in [-0.2, 0) is 10.1 Å². The quantitative estimate of drug-likeness (QED) is 0.200. The van der Waals surface area contributed by atoms with Gasteiger partial charge in [0.1, 0.15) is 5.25 Å². The summed E-state index contributed by atoms with van der Waals surface area (Å²) in [7, 11) is -4.13. The molecule has 0 radical (unpaired) electrons. The van der Waals surface area contributed by atoms with Crippen molar-refractivity contribution in [3.05, 3.63) is 0 Å². The minimum Gasteiger partial charge on any atom is -0.392 e. The van der Waals surface area contributed by atoms with Crippen molar-refractivity contribution in [2.75, 3.05) is 0 Å². The fourth-order valence-electron chi connectivity index (χ4n) is 3.53. The van der Waals surface area contributed by atoms with E-state index in [2.05, 4.69) is 6.92 Å². The normalized spacial score (nSPS) is 14.5. The minimum atomic E-state index is -4.13. The summed E-state index contributed by atoms with van der Waals surface area (Å²) in [6.45, 7) is 3.68. The number of hydrogen-bond acceptors (Lipinski definition) is 3. The van der Waals surface area contributed by atoms with Crippen molar-refractivity contribution in [2.24, 2.45) is 0 Å². The zero-order valence-corrected chi connectivity index (χ0v) is 18.1. The number of unbranched alkanes of at least 4 members (excludes halogenated alkanes) is 15. The zero-order valence-electron chi connectivity index (χ0n) is 17.3. The highest BCUT2D eigenvalue weighted by atomic mass is 32.2. The van der Waals surface area contributed by atoms with Gasteiger partial charge in [0, 0.05) is 0 Å². The molecule has 2 N–H and O–H groups in total. The van der Waals surface area contributed by atoms with Gasteiger partial charge < -0.3 is 5.11 Å². The molecule has 0 rings (SSSR count). The van der Waals surface area contributed by atoms with E-state index in [1.54, 1.807) is 0 Å². The van der Waals surface area contributed by atoms with E-state index in [9.17, 15) is 13.5 Å². The molecule has 0 aliphatic heterocycles. The summed E-state index contributed by atoms with van der Waals surface area (Å²) in [4.78, 5) is 0. The van der Waals surface area contributed by atoms with E-state index in [1.165, 1.54) is 90.4 Å². The first-order valence-electron chi connectivity index (χ1n) is 11.0. The average Bonchev–Trinajstić information content (AvgIpc) is 2.56. The number of rotatable bonds is 19. The van der Waals surface area contributed by atoms with Crippen LogP contribution in [0.1, 0.15) is 123 Å². The highest BCUT2D eigenvalue weighted by Gasteiger charge is 2.27. The van der Waals surface area contributed by atoms with Gasteiger partial charge in [-0.3, -0.25) is 4.55 Å². The molecule has 0 aliphatic rings. The van der Waals surface area contributed by atoms with Gasteiger partial charge in [-0.2, -0.15) is 8.42 Å². The first-order chi connectivity index (χ1) is 12.4. The van der Waals surface area contributed by atoms with Gasteiger partial charge in [-0.15, -0.1) is 0 Å². The lowest BCUT2D eigenvalue weighted by Gasteiger charge is -2.16. The predicted molar refractivity (Wildman–Crippen MR) is 111 cm³/mol. The third kappa shape index (κ3) is 16.1. The number of hydrogen-bond donors (Lipinski definition) is 2. The van der Waals surface area contributed by atoms with Gasteiger partial charge in [-0.25, -0.2) is 0 Å². The van der Waals surface area contributed by atoms with Crippen molar-refractivity contribution in [2.45, 2.75) is 134 Å². The lowest BCUT2D eigenvalue weighted by Crippen LogP contribution is -2.31. The van der Waals surface area contributed by atoms with Crippen LogP contribution in [0.3, 0.4) is 0 Å². The molecule has 0 bridgehead atoms. The minimum absolute atomic E-state index is 0.342. The van der Waals surface area contributed by atoms with Crippen molar-refractivity contribution in [1.29, 1.82) is 0 Å². The summed E-state index contributed by atoms with van der Waals surface area (Å²) >= 11 is 0. The Bertz CT molecular complexity index is 393. The Labute approximate surface area is 162 Å². The molecule has 0 saturated carbocycles. The molecule has 0 aromatic heterocycles. The Morgan fingerprint density at radius 1 is 0.654 bits per heavy atom. The predicted octanol–water partition coefficient (Wildman–Crippen LogP) is 6.28. The number of aliphatic hydroxyl groups excluding tert-OH is 1. The van der Waals surface area contributed by atoms with Crippen LogP contribution >= 0.6 is 0 Å². The lowest BCUT2D eigenvalue weighted by molar-refractivity contribution is 0.178. The third-order valence-corrected chi connectivity index (χ3v) is 6.66. The van der Waals surface area contributed by atoms with Gasteiger partial charge in [-0.05, 0) is 13.3 Å². The maximum Gasteiger partial charge on any atom is 0.270 e. The van der Waals surface area contributed by atoms with Crippen molar-refractivity contribution >= 4 is 10.1 Å². The molecular formula is C21H44O4S. The SMILES string of the molecule is CCCCCCCCCCCCCCCCCCC(C(C)O)S(=O)(=O)O. The molecule has 0 spiro atoms. The Morgan fingerprint density at radius 3 is 1.23 bits per heavy atom. The van der Waals surface area contributed by atoms with Crippen molar-refractivity contribution in [3.8, 4) is 0 Å². The van der Waals surface area contributed by atoms with Crippen molar-refractivity contribution in [3.63, 3.8) is 0 Å². The van der Waals surface area contributed by atoms with E-state index in [1.807, 2.05) is 0 Å². The maximum atomic E-state index is 11.2. The van der Waals surface area contributed by atoms with Gasteiger partial charge in [-0.1, -0.05) is 110 Å². The summed E-state index contributed by atoms with van der Waals surface area (Å²) in [5, 5.41) is 8.40. The van der Waals surface area contributed by atoms with Crippen LogP contribution in [0.25, 0.3) is 0 Å². The van der Waals surface area contributed by atoms with Crippen molar-refractivity contribution < 1.29 is 18.1 Å². The summed E-state index contributed by atoms with van der Waals surface area (Å²) in [5.41, 5.74) is 0. The van der Waals surface area contributed by atoms with Gasteiger partial charge >= 0.3 is 0 Å². The molecule has 0 fully saturated rings. The maximum absolute atomic E-state index is 11.2. The van der Waals surface area contributed by atoms with Crippen LogP contribution in [0, 0.1) is 0 Å². The topological polar surface area (TPSA) is 74.6 Å². The van der Waals surface area contributed by atoms with Gasteiger partial charge in [0.25, 0.3) is 10.1 Å². The molecule has 0 amide bonds. The molecule has 2 atom stereocenters. The van der Waals surface area contributed by atoms with Crippen LogP contribution in [0.4, 0.5) is 0 Å². The Kier molecular flexibility index (Phi) is 16.9. The molecule has 0 saturated heterocycles. The van der Waals surface area contributed by atoms with Crippen LogP contribution in [0.5, 0.6) is 0 Å². The fourth-order valence-corrected chi connectivity index (χ4v) is 4.49. The molecular weight excluding hydrogens is 348 g/mol. The zero-order chi connectivity index (χ0) is 19.7. The monoisotopic (exact) mass is 392 g/mol. The summed E-state index contributed by atoms with van der Waals surface area (Å²) in [6, 6.07) is 0. The molecule has 158 valence electrons. The first-order valence-corrected chi connectivity index (χ1v) is 12.5. The van der Waals surface area contributed by atoms with Crippen LogP contribution in [-0.4, -0.2) is 29.4 Å². The lowest BCUT2D eigenvalue weighted by atomic mass is 10.0. The molecule has 26 heavy (non-hydrogen) atoms. The molecule has 0 aromatic rings. The summed E-state index contributed by atoms with van der Waals surface area (Å²) in [6.07, 6.45) is 19.7. The van der Waals surface area contributed by atoms with Crippen LogP contribution in [0.15, 0.2) is 0 Å². The van der Waals surface area contributed by atoms with E-state index in [0.29, 0.717) is 6.42 Å². The van der Waals surface area contributed by atoms with Gasteiger partial charge in [0.05, 0.1) is 6.10 Å². The van der Waals surface area contributed by atoms with Gasteiger partial charge in [0.15, 0.2) is 0 Å². The summed E-state index contributed by atoms with van der Waals surface area (Å²) in [5.74, 6) is 0. The Morgan fingerprint density at radius 2 is 0.962 bits per heavy atom. The van der Waals surface area contributed by atoms with Gasteiger partial charge in [0.2, 0.25) is 0 Å². The van der Waals surface area contributed by atoms with E-state index in [-0.39, 0.29) is 0 Å². The number of aliphatic hydroxyl groups is 1. The van der Waals surface area contributed by atoms with E-state index < -0.39 is 21.5 Å². The second kappa shape index (κ2) is 17.0. The highest BCUT2D eigenvalue weighted by molar-refractivity contribution is 7.86. The second-order valence-corrected chi connectivity index (χ2v) is 9.52. The largest absolute Gasteiger partial charge is 0.392 e. The van der Waals surface area contributed by atoms with Crippen molar-refractivity contribution in [1.82, 2.24) is 0 Å². The average molecular weight is 393 g/mol. The molecule has 0 aromatic carbocycles. The standard InChI is InChI=1S/C21H44O4S/c1-3-4-5-6-7-8-9-10-11-12-13-14-15-16-17-18-19-21(20(2)22)26(23,24)25/h20-22H,3-19H2,1-2H3,(H,23,24,25).